The van der Waals surface area contributed by atoms with Gasteiger partial charge in [0.15, 0.2) is 0 Å². The van der Waals surface area contributed by atoms with Gasteiger partial charge in [0, 0.05) is 6.20 Å². The Balaban J connectivity index is 0.000000121. The first kappa shape index (κ1) is 9.75. The Morgan fingerprint density at radius 2 is 2.20 bits per heavy atom. The van der Waals surface area contributed by atoms with Crippen LogP contribution in [0.2, 0.25) is 0 Å². The Hall–Kier alpha value is -1.79. The molecule has 1 fully saturated rings. The number of nitrogens with one attached hydrogen (secondary N) is 1. The van der Waals surface area contributed by atoms with E-state index in [1.54, 1.807) is 0 Å². The molecule has 0 saturated carbocycles. The monoisotopic (exact) mass is 199 g/mol. The number of hydrogen-bond acceptors (Lipinski definition) is 3. The molecule has 76 valence electrons. The van der Waals surface area contributed by atoms with Crippen LogP contribution in [0.15, 0.2) is 36.5 Å². The zero-order chi connectivity index (χ0) is 10.7. The van der Waals surface area contributed by atoms with Crippen LogP contribution in [0.1, 0.15) is 11.1 Å². The van der Waals surface area contributed by atoms with E-state index in [9.17, 15) is 0 Å². The van der Waals surface area contributed by atoms with E-state index >= 15 is 0 Å². The van der Waals surface area contributed by atoms with Gasteiger partial charge in [-0.3, -0.25) is 5.32 Å². The molecule has 0 amide bonds. The highest BCUT2D eigenvalue weighted by Gasteiger charge is 2.27. The van der Waals surface area contributed by atoms with Gasteiger partial charge in [-0.25, -0.2) is 0 Å². The fraction of sp³-hybridized carbons (Fsp3) is 0.250. The smallest absolute Gasteiger partial charge is 0.102 e. The molecule has 2 heterocycles. The predicted molar refractivity (Wildman–Crippen MR) is 58.7 cm³/mol. The van der Waals surface area contributed by atoms with Crippen molar-refractivity contribution in [2.75, 3.05) is 6.67 Å². The van der Waals surface area contributed by atoms with Crippen LogP contribution in [0, 0.1) is 18.3 Å². The van der Waals surface area contributed by atoms with Gasteiger partial charge in [0.05, 0.1) is 18.3 Å². The molecule has 0 aromatic heterocycles. The highest BCUT2D eigenvalue weighted by atomic mass is 15.4. The molecule has 1 N–H and O–H groups in total. The summed E-state index contributed by atoms with van der Waals surface area (Å²) in [6.45, 7) is 2.99. The number of aryl methyl sites for hydroxylation is 1. The quantitative estimate of drug-likeness (QED) is 0.689. The minimum absolute atomic E-state index is 0.616. The van der Waals surface area contributed by atoms with E-state index in [1.807, 2.05) is 31.2 Å². The van der Waals surface area contributed by atoms with Crippen LogP contribution < -0.4 is 5.32 Å². The van der Waals surface area contributed by atoms with E-state index in [2.05, 4.69) is 28.6 Å². The summed E-state index contributed by atoms with van der Waals surface area (Å²) in [5.74, 6) is 0. The summed E-state index contributed by atoms with van der Waals surface area (Å²) in [4.78, 5) is 2.24. The lowest BCUT2D eigenvalue weighted by molar-refractivity contribution is 0.109. The largest absolute Gasteiger partial charge is 0.346 e. The predicted octanol–water partition coefficient (Wildman–Crippen LogP) is 1.57. The Morgan fingerprint density at radius 1 is 1.47 bits per heavy atom. The van der Waals surface area contributed by atoms with Crippen LogP contribution in [-0.2, 0) is 0 Å². The molecule has 1 unspecified atom stereocenters. The second-order valence-electron chi connectivity index (χ2n) is 3.59. The number of nitrogens with zero attached hydrogens (tertiary/aromatic N) is 2. The number of rotatable bonds is 0. The van der Waals surface area contributed by atoms with Crippen molar-refractivity contribution in [3.05, 3.63) is 47.7 Å². The van der Waals surface area contributed by atoms with Gasteiger partial charge >= 0.3 is 0 Å². The Morgan fingerprint density at radius 3 is 2.47 bits per heavy atom. The lowest BCUT2D eigenvalue weighted by Crippen LogP contribution is -2.62. The third kappa shape index (κ3) is 2.00. The lowest BCUT2D eigenvalue weighted by atomic mass is 10.1. The number of fused-ring (bicyclic) bond motifs is 1. The lowest BCUT2D eigenvalue weighted by Gasteiger charge is -2.45. The summed E-state index contributed by atoms with van der Waals surface area (Å²) in [6.07, 6.45) is 4.86. The SMILES string of the molecule is C1=CN2CNC12.Cc1ccccc1C#N. The maximum atomic E-state index is 8.47. The molecule has 3 nitrogen and oxygen atoms in total. The maximum absolute atomic E-state index is 8.47. The highest BCUT2D eigenvalue weighted by Crippen LogP contribution is 2.15. The molecule has 0 spiro atoms. The van der Waals surface area contributed by atoms with Crippen LogP contribution in [0.25, 0.3) is 0 Å². The van der Waals surface area contributed by atoms with Crippen molar-refractivity contribution >= 4 is 0 Å². The average molecular weight is 199 g/mol. The van der Waals surface area contributed by atoms with Gasteiger partial charge in [-0.2, -0.15) is 5.26 Å². The molecule has 1 aromatic carbocycles. The van der Waals surface area contributed by atoms with Crippen molar-refractivity contribution in [2.24, 2.45) is 0 Å². The molecule has 1 aromatic rings. The van der Waals surface area contributed by atoms with Crippen LogP contribution >= 0.6 is 0 Å². The summed E-state index contributed by atoms with van der Waals surface area (Å²) in [5, 5.41) is 11.7. The van der Waals surface area contributed by atoms with Gasteiger partial charge in [-0.1, -0.05) is 18.2 Å². The summed E-state index contributed by atoms with van der Waals surface area (Å²) in [5.41, 5.74) is 1.80. The van der Waals surface area contributed by atoms with E-state index in [4.69, 9.17) is 5.26 Å². The summed E-state index contributed by atoms with van der Waals surface area (Å²) < 4.78 is 0. The number of hydrogen-bond donors (Lipinski definition) is 1. The summed E-state index contributed by atoms with van der Waals surface area (Å²) in [7, 11) is 0. The average Bonchev–Trinajstić information content (AvgIpc) is 2.25. The molecule has 0 aliphatic carbocycles. The minimum Gasteiger partial charge on any atom is -0.346 e. The summed E-state index contributed by atoms with van der Waals surface area (Å²) >= 11 is 0. The first-order chi connectivity index (χ1) is 7.31. The van der Waals surface area contributed by atoms with E-state index in [1.165, 1.54) is 0 Å². The summed E-state index contributed by atoms with van der Waals surface area (Å²) in [6, 6.07) is 9.63. The van der Waals surface area contributed by atoms with E-state index in [0.29, 0.717) is 6.17 Å². The zero-order valence-corrected chi connectivity index (χ0v) is 8.64. The molecule has 0 bridgehead atoms. The third-order valence-corrected chi connectivity index (χ3v) is 2.57. The molecule has 2 aliphatic rings. The van der Waals surface area contributed by atoms with Gasteiger partial charge in [0.1, 0.15) is 6.17 Å². The minimum atomic E-state index is 0.616. The first-order valence-corrected chi connectivity index (χ1v) is 4.94. The van der Waals surface area contributed by atoms with E-state index in [-0.39, 0.29) is 0 Å². The molecule has 15 heavy (non-hydrogen) atoms. The molecular weight excluding hydrogens is 186 g/mol. The third-order valence-electron chi connectivity index (χ3n) is 2.57. The van der Waals surface area contributed by atoms with Crippen molar-refractivity contribution in [2.45, 2.75) is 13.1 Å². The van der Waals surface area contributed by atoms with Crippen molar-refractivity contribution < 1.29 is 0 Å². The fourth-order valence-electron chi connectivity index (χ4n) is 1.42. The molecule has 1 saturated heterocycles. The van der Waals surface area contributed by atoms with E-state index < -0.39 is 0 Å². The second-order valence-corrected chi connectivity index (χ2v) is 3.59. The fourth-order valence-corrected chi connectivity index (χ4v) is 1.42. The molecule has 2 aliphatic heterocycles. The topological polar surface area (TPSA) is 39.1 Å². The first-order valence-electron chi connectivity index (χ1n) is 4.94. The van der Waals surface area contributed by atoms with E-state index in [0.717, 1.165) is 17.8 Å². The molecular formula is C12H13N3. The number of benzene rings is 1. The van der Waals surface area contributed by atoms with Crippen LogP contribution in [0.3, 0.4) is 0 Å². The van der Waals surface area contributed by atoms with Gasteiger partial charge in [-0.15, -0.1) is 0 Å². The Kier molecular flexibility index (Phi) is 2.70. The molecule has 3 heteroatoms. The molecule has 3 rings (SSSR count). The number of nitriles is 1. The van der Waals surface area contributed by atoms with Crippen LogP contribution in [0.5, 0.6) is 0 Å². The highest BCUT2D eigenvalue weighted by molar-refractivity contribution is 5.35. The van der Waals surface area contributed by atoms with Crippen LogP contribution in [0.4, 0.5) is 0 Å². The van der Waals surface area contributed by atoms with Crippen molar-refractivity contribution in [1.29, 1.82) is 5.26 Å². The Labute approximate surface area is 89.6 Å². The second kappa shape index (κ2) is 4.16. The van der Waals surface area contributed by atoms with Crippen molar-refractivity contribution in [1.82, 2.24) is 10.2 Å². The van der Waals surface area contributed by atoms with Crippen LogP contribution in [-0.4, -0.2) is 17.7 Å². The van der Waals surface area contributed by atoms with Gasteiger partial charge in [-0.05, 0) is 24.6 Å². The Bertz CT molecular complexity index is 405. The maximum Gasteiger partial charge on any atom is 0.102 e. The van der Waals surface area contributed by atoms with Crippen molar-refractivity contribution in [3.63, 3.8) is 0 Å². The zero-order valence-electron chi connectivity index (χ0n) is 8.64. The van der Waals surface area contributed by atoms with Gasteiger partial charge < -0.3 is 4.90 Å². The molecule has 0 radical (unpaired) electrons. The van der Waals surface area contributed by atoms with Gasteiger partial charge in [0.25, 0.3) is 0 Å². The normalized spacial score (nSPS) is 20.0. The molecule has 1 atom stereocenters. The van der Waals surface area contributed by atoms with Crippen molar-refractivity contribution in [3.8, 4) is 6.07 Å². The van der Waals surface area contributed by atoms with Gasteiger partial charge in [0.2, 0.25) is 0 Å². The standard InChI is InChI=1S/C8H7N.C4H6N2/c1-7-4-2-3-5-8(7)6-9;1-2-6-3-5-4(1)6/h2-5H,1H3;1-2,4-5H,3H2.